The molecule has 1 amide bonds. The molecule has 1 rings (SSSR count). The Labute approximate surface area is 152 Å². The Morgan fingerprint density at radius 1 is 1.14 bits per heavy atom. The fraction of sp³-hybridized carbons (Fsp3) is 0.867. The summed E-state index contributed by atoms with van der Waals surface area (Å²) in [6.07, 6.45) is 2.25. The fourth-order valence-corrected chi connectivity index (χ4v) is 2.43. The average Bonchev–Trinajstić information content (AvgIpc) is 3.03. The molecule has 1 aliphatic heterocycles. The molecule has 6 nitrogen and oxygen atoms in total. The molecule has 7 heteroatoms. The maximum atomic E-state index is 12.0. The Hall–Kier alpha value is -0.570. The van der Waals surface area contributed by atoms with Gasteiger partial charge in [-0.3, -0.25) is 4.79 Å². The van der Waals surface area contributed by atoms with Crippen molar-refractivity contribution in [2.75, 3.05) is 52.4 Å². The highest BCUT2D eigenvalue weighted by molar-refractivity contribution is 14.0. The Kier molecular flexibility index (Phi) is 12.6. The number of guanidine groups is 1. The summed E-state index contributed by atoms with van der Waals surface area (Å²) in [6, 6.07) is 0. The van der Waals surface area contributed by atoms with Gasteiger partial charge in [0, 0.05) is 32.7 Å². The van der Waals surface area contributed by atoms with Crippen LogP contribution in [0.5, 0.6) is 0 Å². The van der Waals surface area contributed by atoms with Gasteiger partial charge in [0.25, 0.3) is 0 Å². The van der Waals surface area contributed by atoms with Crippen LogP contribution in [0.3, 0.4) is 0 Å². The number of likely N-dealkylation sites (N-methyl/N-ethyl adjacent to an activating group) is 1. The number of nitrogens with zero attached hydrogens (tertiary/aromatic N) is 3. The van der Waals surface area contributed by atoms with E-state index in [9.17, 15) is 4.79 Å². The second-order valence-electron chi connectivity index (χ2n) is 5.24. The quantitative estimate of drug-likeness (QED) is 0.348. The summed E-state index contributed by atoms with van der Waals surface area (Å²) in [5, 5.41) is 6.48. The number of hydrogen-bond donors (Lipinski definition) is 2. The number of halogens is 1. The molecule has 130 valence electrons. The Bertz CT molecular complexity index is 328. The standard InChI is InChI=1S/C15H31N5O.HI/c1-4-16-15(17-9-12-19(5-2)6-3)18-13-14(21)20-10-7-8-11-20;/h4-13H2,1-3H3,(H2,16,17,18);1H. The summed E-state index contributed by atoms with van der Waals surface area (Å²) in [5.41, 5.74) is 0. The van der Waals surface area contributed by atoms with Crippen LogP contribution in [0.2, 0.25) is 0 Å². The molecule has 2 N–H and O–H groups in total. The highest BCUT2D eigenvalue weighted by Gasteiger charge is 2.17. The summed E-state index contributed by atoms with van der Waals surface area (Å²) in [6.45, 7) is 13.1. The van der Waals surface area contributed by atoms with Crippen LogP contribution in [0, 0.1) is 0 Å². The molecule has 0 unspecified atom stereocenters. The van der Waals surface area contributed by atoms with Crippen LogP contribution in [0.1, 0.15) is 33.6 Å². The number of carbonyl (C=O) groups is 1. The number of amides is 1. The molecule has 22 heavy (non-hydrogen) atoms. The third-order valence-corrected chi connectivity index (χ3v) is 3.79. The summed E-state index contributed by atoms with van der Waals surface area (Å²) < 4.78 is 0. The third-order valence-electron chi connectivity index (χ3n) is 3.79. The zero-order valence-corrected chi connectivity index (χ0v) is 16.6. The van der Waals surface area contributed by atoms with Crippen LogP contribution in [0.25, 0.3) is 0 Å². The van der Waals surface area contributed by atoms with Crippen molar-refractivity contribution in [3.05, 3.63) is 0 Å². The first-order chi connectivity index (χ1) is 10.2. The number of hydrogen-bond acceptors (Lipinski definition) is 3. The molecule has 1 fully saturated rings. The molecule has 1 aliphatic rings. The number of carbonyl (C=O) groups excluding carboxylic acids is 1. The molecule has 0 spiro atoms. The van der Waals surface area contributed by atoms with Gasteiger partial charge in [-0.1, -0.05) is 13.8 Å². The molecule has 1 saturated heterocycles. The summed E-state index contributed by atoms with van der Waals surface area (Å²) in [4.78, 5) is 20.6. The SMILES string of the molecule is CCNC(=NCC(=O)N1CCCC1)NCCN(CC)CC.I. The van der Waals surface area contributed by atoms with Crippen LogP contribution >= 0.6 is 24.0 Å². The average molecular weight is 425 g/mol. The molecule has 0 saturated carbocycles. The Morgan fingerprint density at radius 2 is 1.77 bits per heavy atom. The smallest absolute Gasteiger partial charge is 0.244 e. The molecular formula is C15H32IN5O. The summed E-state index contributed by atoms with van der Waals surface area (Å²) in [5.74, 6) is 0.866. The van der Waals surface area contributed by atoms with E-state index in [1.807, 2.05) is 11.8 Å². The number of aliphatic imine (C=N–C) groups is 1. The van der Waals surface area contributed by atoms with E-state index in [2.05, 4.69) is 34.4 Å². The molecular weight excluding hydrogens is 393 g/mol. The predicted molar refractivity (Wildman–Crippen MR) is 103 cm³/mol. The van der Waals surface area contributed by atoms with Gasteiger partial charge in [-0.2, -0.15) is 0 Å². The van der Waals surface area contributed by atoms with Crippen LogP contribution in [-0.2, 0) is 4.79 Å². The molecule has 0 radical (unpaired) electrons. The van der Waals surface area contributed by atoms with Gasteiger partial charge in [0.05, 0.1) is 0 Å². The van der Waals surface area contributed by atoms with E-state index < -0.39 is 0 Å². The van der Waals surface area contributed by atoms with Gasteiger partial charge < -0.3 is 20.4 Å². The van der Waals surface area contributed by atoms with E-state index in [0.717, 1.165) is 64.6 Å². The van der Waals surface area contributed by atoms with Crippen molar-refractivity contribution in [3.63, 3.8) is 0 Å². The van der Waals surface area contributed by atoms with Gasteiger partial charge in [-0.15, -0.1) is 24.0 Å². The van der Waals surface area contributed by atoms with Gasteiger partial charge in [-0.25, -0.2) is 4.99 Å². The molecule has 0 atom stereocenters. The van der Waals surface area contributed by atoms with E-state index in [-0.39, 0.29) is 36.4 Å². The van der Waals surface area contributed by atoms with Crippen molar-refractivity contribution >= 4 is 35.8 Å². The van der Waals surface area contributed by atoms with Gasteiger partial charge in [0.1, 0.15) is 6.54 Å². The fourth-order valence-electron chi connectivity index (χ4n) is 2.43. The maximum absolute atomic E-state index is 12.0. The molecule has 0 bridgehead atoms. The van der Waals surface area contributed by atoms with Crippen molar-refractivity contribution < 1.29 is 4.79 Å². The largest absolute Gasteiger partial charge is 0.357 e. The second-order valence-corrected chi connectivity index (χ2v) is 5.24. The lowest BCUT2D eigenvalue weighted by molar-refractivity contribution is -0.128. The molecule has 0 aromatic carbocycles. The van der Waals surface area contributed by atoms with Crippen molar-refractivity contribution in [2.45, 2.75) is 33.6 Å². The van der Waals surface area contributed by atoms with Crippen LogP contribution in [0.15, 0.2) is 4.99 Å². The molecule has 1 heterocycles. The van der Waals surface area contributed by atoms with Crippen LogP contribution in [0.4, 0.5) is 0 Å². The van der Waals surface area contributed by atoms with Crippen molar-refractivity contribution in [2.24, 2.45) is 4.99 Å². The van der Waals surface area contributed by atoms with E-state index in [1.54, 1.807) is 0 Å². The topological polar surface area (TPSA) is 60.0 Å². The number of rotatable bonds is 8. The van der Waals surface area contributed by atoms with Gasteiger partial charge in [0.2, 0.25) is 5.91 Å². The zero-order valence-electron chi connectivity index (χ0n) is 14.2. The van der Waals surface area contributed by atoms with Crippen LogP contribution in [-0.4, -0.2) is 74.0 Å². The minimum absolute atomic E-state index is 0. The number of likely N-dealkylation sites (tertiary alicyclic amines) is 1. The lowest BCUT2D eigenvalue weighted by Crippen LogP contribution is -2.42. The van der Waals surface area contributed by atoms with E-state index in [1.165, 1.54) is 0 Å². The van der Waals surface area contributed by atoms with E-state index >= 15 is 0 Å². The maximum Gasteiger partial charge on any atom is 0.244 e. The van der Waals surface area contributed by atoms with Gasteiger partial charge in [0.15, 0.2) is 5.96 Å². The predicted octanol–water partition coefficient (Wildman–Crippen LogP) is 1.12. The minimum atomic E-state index is 0. The summed E-state index contributed by atoms with van der Waals surface area (Å²) in [7, 11) is 0. The van der Waals surface area contributed by atoms with Crippen LogP contribution < -0.4 is 10.6 Å². The monoisotopic (exact) mass is 425 g/mol. The first-order valence-corrected chi connectivity index (χ1v) is 8.23. The lowest BCUT2D eigenvalue weighted by Gasteiger charge is -2.19. The van der Waals surface area contributed by atoms with Crippen molar-refractivity contribution in [3.8, 4) is 0 Å². The second kappa shape index (κ2) is 12.9. The van der Waals surface area contributed by atoms with Gasteiger partial charge >= 0.3 is 0 Å². The van der Waals surface area contributed by atoms with Gasteiger partial charge in [-0.05, 0) is 32.9 Å². The minimum Gasteiger partial charge on any atom is -0.357 e. The highest BCUT2D eigenvalue weighted by atomic mass is 127. The Morgan fingerprint density at radius 3 is 2.32 bits per heavy atom. The third kappa shape index (κ3) is 8.17. The summed E-state index contributed by atoms with van der Waals surface area (Å²) >= 11 is 0. The Balaban J connectivity index is 0.00000441. The van der Waals surface area contributed by atoms with Crippen molar-refractivity contribution in [1.82, 2.24) is 20.4 Å². The molecule has 0 aromatic rings. The lowest BCUT2D eigenvalue weighted by atomic mass is 10.4. The first kappa shape index (κ1) is 21.4. The molecule has 0 aromatic heterocycles. The highest BCUT2D eigenvalue weighted by Crippen LogP contribution is 2.07. The van der Waals surface area contributed by atoms with Crippen molar-refractivity contribution in [1.29, 1.82) is 0 Å². The molecule has 0 aliphatic carbocycles. The number of nitrogens with one attached hydrogen (secondary N) is 2. The van der Waals surface area contributed by atoms with E-state index in [0.29, 0.717) is 0 Å². The van der Waals surface area contributed by atoms with E-state index in [4.69, 9.17) is 0 Å². The first-order valence-electron chi connectivity index (χ1n) is 8.23. The zero-order chi connectivity index (χ0) is 15.5. The normalized spacial score (nSPS) is 14.9.